The first-order valence-electron chi connectivity index (χ1n) is 4.07. The molecule has 1 rings (SSSR count). The summed E-state index contributed by atoms with van der Waals surface area (Å²) in [6, 6.07) is 3.52. The van der Waals surface area contributed by atoms with E-state index in [9.17, 15) is 8.42 Å². The predicted octanol–water partition coefficient (Wildman–Crippen LogP) is 1.77. The van der Waals surface area contributed by atoms with E-state index in [-0.39, 0.29) is 5.75 Å². The van der Waals surface area contributed by atoms with Gasteiger partial charge in [-0.1, -0.05) is 6.92 Å². The zero-order valence-electron chi connectivity index (χ0n) is 7.65. The van der Waals surface area contributed by atoms with Gasteiger partial charge in [-0.2, -0.15) is 5.26 Å². The van der Waals surface area contributed by atoms with Crippen LogP contribution in [0.5, 0.6) is 0 Å². The quantitative estimate of drug-likeness (QED) is 0.857. The van der Waals surface area contributed by atoms with E-state index in [4.69, 9.17) is 5.26 Å². The molecule has 4 nitrogen and oxygen atoms in total. The van der Waals surface area contributed by atoms with Gasteiger partial charge in [0.25, 0.3) is 0 Å². The molecule has 0 bridgehead atoms. The molecule has 0 aromatic carbocycles. The molecule has 0 unspecified atom stereocenters. The lowest BCUT2D eigenvalue weighted by Crippen LogP contribution is -2.15. The fraction of sp³-hybridized carbons (Fsp3) is 0.375. The molecule has 0 spiro atoms. The second-order valence-corrected chi connectivity index (χ2v) is 5.45. The van der Waals surface area contributed by atoms with Gasteiger partial charge in [-0.3, -0.25) is 4.72 Å². The number of anilines is 1. The van der Waals surface area contributed by atoms with Gasteiger partial charge in [-0.15, -0.1) is 11.3 Å². The highest BCUT2D eigenvalue weighted by molar-refractivity contribution is 7.92. The van der Waals surface area contributed by atoms with E-state index in [0.29, 0.717) is 17.0 Å². The molecule has 0 amide bonds. The van der Waals surface area contributed by atoms with Crippen molar-refractivity contribution >= 4 is 26.4 Å². The van der Waals surface area contributed by atoms with Crippen LogP contribution >= 0.6 is 11.3 Å². The highest BCUT2D eigenvalue weighted by Crippen LogP contribution is 2.23. The Morgan fingerprint density at radius 2 is 2.36 bits per heavy atom. The van der Waals surface area contributed by atoms with Crippen LogP contribution in [0.25, 0.3) is 0 Å². The molecule has 1 heterocycles. The van der Waals surface area contributed by atoms with Crippen molar-refractivity contribution in [1.82, 2.24) is 0 Å². The van der Waals surface area contributed by atoms with Crippen LogP contribution in [0, 0.1) is 11.3 Å². The van der Waals surface area contributed by atoms with Crippen molar-refractivity contribution < 1.29 is 8.42 Å². The smallest absolute Gasteiger partial charge is 0.233 e. The number of nitriles is 1. The Labute approximate surface area is 87.2 Å². The second-order valence-electron chi connectivity index (χ2n) is 2.70. The lowest BCUT2D eigenvalue weighted by atomic mass is 10.4. The van der Waals surface area contributed by atoms with Crippen LogP contribution in [-0.4, -0.2) is 14.2 Å². The Balaban J connectivity index is 2.85. The Bertz CT molecular complexity index is 442. The molecule has 0 saturated carbocycles. The summed E-state index contributed by atoms with van der Waals surface area (Å²) in [7, 11) is -3.28. The van der Waals surface area contributed by atoms with Gasteiger partial charge in [-0.05, 0) is 17.9 Å². The molecule has 6 heteroatoms. The number of rotatable bonds is 4. The zero-order valence-corrected chi connectivity index (χ0v) is 9.28. The predicted molar refractivity (Wildman–Crippen MR) is 56.7 cm³/mol. The Hall–Kier alpha value is -1.06. The molecule has 0 atom stereocenters. The third kappa shape index (κ3) is 2.72. The van der Waals surface area contributed by atoms with Gasteiger partial charge in [0.05, 0.1) is 11.3 Å². The topological polar surface area (TPSA) is 70.0 Å². The van der Waals surface area contributed by atoms with E-state index in [0.717, 1.165) is 0 Å². The van der Waals surface area contributed by atoms with E-state index in [1.807, 2.05) is 6.07 Å². The van der Waals surface area contributed by atoms with Crippen molar-refractivity contribution in [2.75, 3.05) is 10.5 Å². The molecule has 1 aromatic rings. The van der Waals surface area contributed by atoms with Gasteiger partial charge in [-0.25, -0.2) is 8.42 Å². The monoisotopic (exact) mass is 230 g/mol. The van der Waals surface area contributed by atoms with Gasteiger partial charge in [0.15, 0.2) is 0 Å². The zero-order chi connectivity index (χ0) is 10.6. The average molecular weight is 230 g/mol. The molecule has 1 N–H and O–H groups in total. The minimum atomic E-state index is -3.28. The molecule has 0 saturated heterocycles. The Morgan fingerprint density at radius 1 is 1.64 bits per heavy atom. The number of sulfonamides is 1. The molecule has 0 fully saturated rings. The number of nitrogens with one attached hydrogen (secondary N) is 1. The third-order valence-electron chi connectivity index (χ3n) is 1.51. The molecule has 0 aliphatic rings. The van der Waals surface area contributed by atoms with E-state index in [2.05, 4.69) is 4.72 Å². The van der Waals surface area contributed by atoms with Crippen LogP contribution in [-0.2, 0) is 10.0 Å². The number of hydrogen-bond donors (Lipinski definition) is 1. The second kappa shape index (κ2) is 4.44. The van der Waals surface area contributed by atoms with E-state index in [1.165, 1.54) is 11.3 Å². The van der Waals surface area contributed by atoms with Gasteiger partial charge >= 0.3 is 0 Å². The van der Waals surface area contributed by atoms with Crippen molar-refractivity contribution in [3.05, 3.63) is 17.0 Å². The Morgan fingerprint density at radius 3 is 2.93 bits per heavy atom. The SMILES string of the molecule is CCCS(=O)(=O)Nc1sccc1C#N. The summed E-state index contributed by atoms with van der Waals surface area (Å²) in [5, 5.41) is 10.7. The molecular formula is C8H10N2O2S2. The van der Waals surface area contributed by atoms with Crippen molar-refractivity contribution in [2.24, 2.45) is 0 Å². The number of nitrogens with zero attached hydrogens (tertiary/aromatic N) is 1. The summed E-state index contributed by atoms with van der Waals surface area (Å²) < 4.78 is 25.1. The largest absolute Gasteiger partial charge is 0.273 e. The summed E-state index contributed by atoms with van der Waals surface area (Å²) in [4.78, 5) is 0. The molecule has 0 radical (unpaired) electrons. The Kier molecular flexibility index (Phi) is 3.49. The maximum absolute atomic E-state index is 11.4. The molecular weight excluding hydrogens is 220 g/mol. The summed E-state index contributed by atoms with van der Waals surface area (Å²) in [6.07, 6.45) is 0.558. The van der Waals surface area contributed by atoms with Crippen molar-refractivity contribution in [1.29, 1.82) is 5.26 Å². The van der Waals surface area contributed by atoms with Gasteiger partial charge < -0.3 is 0 Å². The van der Waals surface area contributed by atoms with Crippen molar-refractivity contribution in [3.63, 3.8) is 0 Å². The first-order valence-corrected chi connectivity index (χ1v) is 6.60. The summed E-state index contributed by atoms with van der Waals surface area (Å²) >= 11 is 1.21. The average Bonchev–Trinajstić information content (AvgIpc) is 2.50. The molecule has 14 heavy (non-hydrogen) atoms. The van der Waals surface area contributed by atoms with E-state index >= 15 is 0 Å². The van der Waals surface area contributed by atoms with Crippen molar-refractivity contribution in [3.8, 4) is 6.07 Å². The van der Waals surface area contributed by atoms with Gasteiger partial charge in [0, 0.05) is 0 Å². The molecule has 0 aliphatic heterocycles. The fourth-order valence-corrected chi connectivity index (χ4v) is 3.12. The number of hydrogen-bond acceptors (Lipinski definition) is 4. The maximum atomic E-state index is 11.4. The summed E-state index contributed by atoms with van der Waals surface area (Å²) in [6.45, 7) is 1.79. The number of thiophene rings is 1. The lowest BCUT2D eigenvalue weighted by Gasteiger charge is -2.03. The minimum Gasteiger partial charge on any atom is -0.273 e. The molecule has 1 aromatic heterocycles. The van der Waals surface area contributed by atoms with Crippen LogP contribution < -0.4 is 4.72 Å². The third-order valence-corrected chi connectivity index (χ3v) is 3.93. The maximum Gasteiger partial charge on any atom is 0.233 e. The summed E-state index contributed by atoms with van der Waals surface area (Å²) in [5.74, 6) is 0.0791. The normalized spacial score (nSPS) is 10.9. The highest BCUT2D eigenvalue weighted by atomic mass is 32.2. The van der Waals surface area contributed by atoms with Gasteiger partial charge in [0.1, 0.15) is 11.1 Å². The van der Waals surface area contributed by atoms with Crippen LogP contribution in [0.3, 0.4) is 0 Å². The highest BCUT2D eigenvalue weighted by Gasteiger charge is 2.12. The standard InChI is InChI=1S/C8H10N2O2S2/c1-2-5-14(11,12)10-8-7(6-9)3-4-13-8/h3-4,10H,2,5H2,1H3. The molecule has 76 valence electrons. The first-order chi connectivity index (χ1) is 6.59. The fourth-order valence-electron chi connectivity index (χ4n) is 0.937. The van der Waals surface area contributed by atoms with Crippen LogP contribution in [0.15, 0.2) is 11.4 Å². The van der Waals surface area contributed by atoms with Crippen LogP contribution in [0.1, 0.15) is 18.9 Å². The van der Waals surface area contributed by atoms with Crippen LogP contribution in [0.4, 0.5) is 5.00 Å². The van der Waals surface area contributed by atoms with E-state index in [1.54, 1.807) is 18.4 Å². The first kappa shape index (κ1) is 11.0. The summed E-state index contributed by atoms with van der Waals surface area (Å²) in [5.41, 5.74) is 0.370. The lowest BCUT2D eigenvalue weighted by molar-refractivity contribution is 0.600. The van der Waals surface area contributed by atoms with Gasteiger partial charge in [0.2, 0.25) is 10.0 Å². The van der Waals surface area contributed by atoms with Crippen molar-refractivity contribution in [2.45, 2.75) is 13.3 Å². The van der Waals surface area contributed by atoms with E-state index < -0.39 is 10.0 Å². The minimum absolute atomic E-state index is 0.0791. The van der Waals surface area contributed by atoms with Crippen LogP contribution in [0.2, 0.25) is 0 Å². The molecule has 0 aliphatic carbocycles.